The highest BCUT2D eigenvalue weighted by Crippen LogP contribution is 2.55. The van der Waals surface area contributed by atoms with Crippen LogP contribution in [0.1, 0.15) is 22.3 Å². The zero-order valence-electron chi connectivity index (χ0n) is 68.0. The highest BCUT2D eigenvalue weighted by Gasteiger charge is 2.31. The Labute approximate surface area is 709 Å². The molecule has 2 heterocycles. The van der Waals surface area contributed by atoms with Gasteiger partial charge in [0.15, 0.2) is 0 Å². The van der Waals surface area contributed by atoms with Crippen molar-refractivity contribution >= 4 is 155 Å². The molecule has 6 nitrogen and oxygen atoms in total. The average molecular weight is 1560 g/mol. The SMILES string of the molecule is Cc1cccc(N(c2cccc(-c3ccccc3)c2)c2cc3oc4cc(N(c5cccc(C)c5)c5cc(-c6ccccc6)ccc5-c5cccc(-c6ccccc6N(c6cccc(C)c6)c6cc7oc8cc(N(c9cccc(C)c9)c9ccccc9-c9ccccc9)c9ccccc9c8c7c7ccccc67)c5)c5ccccc5c4c3c3ccccc23)c1. The minimum Gasteiger partial charge on any atom is -0.456 e. The van der Waals surface area contributed by atoms with Gasteiger partial charge in [0.25, 0.3) is 0 Å². The maximum Gasteiger partial charge on any atom is 0.138 e. The number of rotatable bonds is 17. The number of anilines is 12. The molecule has 0 saturated carbocycles. The number of furan rings is 2. The number of benzene rings is 20. The molecule has 0 unspecified atom stereocenters. The maximum absolute atomic E-state index is 7.58. The van der Waals surface area contributed by atoms with E-state index in [1.165, 1.54) is 11.1 Å². The Kier molecular flexibility index (Phi) is 18.1. The van der Waals surface area contributed by atoms with E-state index in [1.54, 1.807) is 0 Å². The monoisotopic (exact) mass is 1560 g/mol. The Bertz CT molecular complexity index is 7860. The number of fused-ring (bicyclic) bond motifs is 14. The Hall–Kier alpha value is -15.8. The number of nitrogens with zero attached hydrogens (tertiary/aromatic N) is 4. The van der Waals surface area contributed by atoms with E-state index in [0.29, 0.717) is 0 Å². The second-order valence-electron chi connectivity index (χ2n) is 32.2. The Morgan fingerprint density at radius 2 is 0.426 bits per heavy atom. The predicted octanol–water partition coefficient (Wildman–Crippen LogP) is 33.5. The third-order valence-corrected chi connectivity index (χ3v) is 24.3. The summed E-state index contributed by atoms with van der Waals surface area (Å²) in [6.07, 6.45) is 0. The van der Waals surface area contributed by atoms with Gasteiger partial charge in [0.2, 0.25) is 0 Å². The summed E-state index contributed by atoms with van der Waals surface area (Å²) in [5, 5.41) is 13.1. The number of aryl methyl sites for hydroxylation is 4. The minimum absolute atomic E-state index is 0.788. The van der Waals surface area contributed by atoms with Crippen molar-refractivity contribution in [1.29, 1.82) is 0 Å². The maximum atomic E-state index is 7.58. The van der Waals surface area contributed by atoms with E-state index >= 15 is 0 Å². The van der Waals surface area contributed by atoms with Crippen molar-refractivity contribution in [2.24, 2.45) is 0 Å². The summed E-state index contributed by atoms with van der Waals surface area (Å²) in [6, 6.07) is 155. The van der Waals surface area contributed by atoms with Crippen LogP contribution in [0.5, 0.6) is 0 Å². The summed E-state index contributed by atoms with van der Waals surface area (Å²) in [7, 11) is 0. The van der Waals surface area contributed by atoms with Gasteiger partial charge in [-0.15, -0.1) is 0 Å². The Balaban J connectivity index is 0.722. The van der Waals surface area contributed by atoms with Crippen molar-refractivity contribution in [3.8, 4) is 55.6 Å². The van der Waals surface area contributed by atoms with Crippen LogP contribution in [0, 0.1) is 27.7 Å². The summed E-state index contributed by atoms with van der Waals surface area (Å²) < 4.78 is 15.1. The molecule has 0 bridgehead atoms. The molecule has 0 atom stereocenters. The molecular formula is C116H82N4O2. The van der Waals surface area contributed by atoms with Crippen LogP contribution in [0.15, 0.2) is 433 Å². The minimum atomic E-state index is 0.788. The van der Waals surface area contributed by atoms with E-state index in [-0.39, 0.29) is 0 Å². The molecule has 22 rings (SSSR count). The largest absolute Gasteiger partial charge is 0.456 e. The van der Waals surface area contributed by atoms with Crippen LogP contribution in [0.3, 0.4) is 0 Å². The quantitative estimate of drug-likeness (QED) is 0.0905. The zero-order valence-corrected chi connectivity index (χ0v) is 68.0. The van der Waals surface area contributed by atoms with E-state index in [1.807, 2.05) is 0 Å². The highest BCUT2D eigenvalue weighted by atomic mass is 16.3. The lowest BCUT2D eigenvalue weighted by atomic mass is 9.93. The third kappa shape index (κ3) is 12.7. The van der Waals surface area contributed by atoms with Gasteiger partial charge < -0.3 is 28.4 Å². The molecule has 20 aromatic carbocycles. The molecule has 6 heteroatoms. The molecule has 0 N–H and O–H groups in total. The van der Waals surface area contributed by atoms with Crippen molar-refractivity contribution in [2.45, 2.75) is 27.7 Å². The van der Waals surface area contributed by atoms with Gasteiger partial charge in [0.05, 0.1) is 39.8 Å². The van der Waals surface area contributed by atoms with E-state index in [4.69, 9.17) is 8.83 Å². The van der Waals surface area contributed by atoms with E-state index in [9.17, 15) is 0 Å². The van der Waals surface area contributed by atoms with E-state index in [0.717, 1.165) is 222 Å². The van der Waals surface area contributed by atoms with Crippen LogP contribution in [0.2, 0.25) is 0 Å². The molecule has 122 heavy (non-hydrogen) atoms. The topological polar surface area (TPSA) is 39.2 Å². The summed E-state index contributed by atoms with van der Waals surface area (Å²) in [5.74, 6) is 0. The lowest BCUT2D eigenvalue weighted by Gasteiger charge is -2.30. The third-order valence-electron chi connectivity index (χ3n) is 24.3. The van der Waals surface area contributed by atoms with Gasteiger partial charge in [-0.3, -0.25) is 0 Å². The predicted molar refractivity (Wildman–Crippen MR) is 516 cm³/mol. The molecule has 0 amide bonds. The molecular weight excluding hydrogens is 1480 g/mol. The molecule has 0 radical (unpaired) electrons. The summed E-state index contributed by atoms with van der Waals surface area (Å²) >= 11 is 0. The zero-order chi connectivity index (χ0) is 81.5. The number of para-hydroxylation sites is 2. The van der Waals surface area contributed by atoms with Gasteiger partial charge in [-0.1, -0.05) is 315 Å². The van der Waals surface area contributed by atoms with Crippen LogP contribution in [-0.2, 0) is 0 Å². The standard InChI is InChI=1S/C116H82N4O2/c1-75-32-26-45-86(64-75)117(90-49-31-42-82(69-90)79-36-8-5-9-37-79)105-71-109-113(98-56-18-14-52-94(98)105)116-101-59-21-17-55-97(101)108(74-112(116)121-109)120(89-48-29-35-78(4)67-89)104-70-83(80-38-10-6-11-39-80)62-63-93(104)85-44-30-43-84(68-85)92-51-23-25-61-103(92)119(88-47-28-34-77(3)66-88)107-73-111-115(100-58-20-16-54-96(100)107)114-99-57-19-15-53-95(99)106(72-110(114)122-111)118(87-46-27-33-76(2)65-87)102-60-24-22-50-91(102)81-40-12-7-13-41-81/h5-74H,1-4H3. The first-order chi connectivity index (χ1) is 60.2. The second-order valence-corrected chi connectivity index (χ2v) is 32.2. The molecule has 0 aliphatic carbocycles. The normalized spacial score (nSPS) is 11.6. The molecule has 0 saturated heterocycles. The van der Waals surface area contributed by atoms with Crippen molar-refractivity contribution in [3.05, 3.63) is 447 Å². The molecule has 2 aromatic heterocycles. The van der Waals surface area contributed by atoms with Gasteiger partial charge in [0, 0.05) is 112 Å². The smallest absolute Gasteiger partial charge is 0.138 e. The van der Waals surface area contributed by atoms with Crippen LogP contribution in [0.25, 0.3) is 143 Å². The van der Waals surface area contributed by atoms with Gasteiger partial charge in [0.1, 0.15) is 22.3 Å². The van der Waals surface area contributed by atoms with Crippen molar-refractivity contribution < 1.29 is 8.83 Å². The van der Waals surface area contributed by atoms with Crippen LogP contribution in [0.4, 0.5) is 68.2 Å². The lowest BCUT2D eigenvalue weighted by Crippen LogP contribution is -2.12. The highest BCUT2D eigenvalue weighted by molar-refractivity contribution is 6.32. The lowest BCUT2D eigenvalue weighted by molar-refractivity contribution is 0.669. The van der Waals surface area contributed by atoms with E-state index < -0.39 is 0 Å². The average Bonchev–Trinajstić information content (AvgIpc) is 1.50. The fourth-order valence-electron chi connectivity index (χ4n) is 18.9. The van der Waals surface area contributed by atoms with Crippen LogP contribution < -0.4 is 19.6 Å². The van der Waals surface area contributed by atoms with Crippen molar-refractivity contribution in [3.63, 3.8) is 0 Å². The molecule has 0 aliphatic rings. The van der Waals surface area contributed by atoms with Gasteiger partial charge in [-0.2, -0.15) is 0 Å². The second kappa shape index (κ2) is 30.3. The van der Waals surface area contributed by atoms with Crippen LogP contribution >= 0.6 is 0 Å². The van der Waals surface area contributed by atoms with Crippen molar-refractivity contribution in [2.75, 3.05) is 19.6 Å². The fourth-order valence-corrected chi connectivity index (χ4v) is 18.9. The molecule has 0 aliphatic heterocycles. The number of hydrogen-bond acceptors (Lipinski definition) is 6. The summed E-state index contributed by atoms with van der Waals surface area (Å²) in [4.78, 5) is 9.78. The first-order valence-electron chi connectivity index (χ1n) is 41.9. The van der Waals surface area contributed by atoms with Crippen molar-refractivity contribution in [1.82, 2.24) is 0 Å². The van der Waals surface area contributed by atoms with Crippen LogP contribution in [-0.4, -0.2) is 0 Å². The fraction of sp³-hybridized carbons (Fsp3) is 0.0345. The molecule has 578 valence electrons. The molecule has 0 fully saturated rings. The van der Waals surface area contributed by atoms with Gasteiger partial charge in [-0.25, -0.2) is 0 Å². The van der Waals surface area contributed by atoms with Gasteiger partial charge >= 0.3 is 0 Å². The van der Waals surface area contributed by atoms with E-state index in [2.05, 4.69) is 472 Å². The first-order valence-corrected chi connectivity index (χ1v) is 41.9. The summed E-state index contributed by atoms with van der Waals surface area (Å²) in [6.45, 7) is 8.71. The van der Waals surface area contributed by atoms with Gasteiger partial charge in [-0.05, 0) is 195 Å². The first kappa shape index (κ1) is 72.7. The summed E-state index contributed by atoms with van der Waals surface area (Å²) in [5.41, 5.74) is 31.1. The number of hydrogen-bond donors (Lipinski definition) is 0. The molecule has 0 spiro atoms. The molecule has 22 aromatic rings. The Morgan fingerprint density at radius 3 is 0.820 bits per heavy atom. The Morgan fingerprint density at radius 1 is 0.156 bits per heavy atom.